The van der Waals surface area contributed by atoms with Crippen molar-refractivity contribution in [3.8, 4) is 0 Å². The van der Waals surface area contributed by atoms with Crippen molar-refractivity contribution >= 4 is 12.6 Å². The van der Waals surface area contributed by atoms with Crippen LogP contribution in [0.1, 0.15) is 12.8 Å². The predicted molar refractivity (Wildman–Crippen MR) is 55.2 cm³/mol. The molecule has 1 heterocycles. The molecule has 4 heteroatoms. The highest BCUT2D eigenvalue weighted by Gasteiger charge is 2.19. The lowest BCUT2D eigenvalue weighted by molar-refractivity contribution is 0.279. The number of hydrazone groups is 1. The number of hydrogen-bond acceptors (Lipinski definition) is 3. The van der Waals surface area contributed by atoms with Gasteiger partial charge in [-0.25, -0.2) is 0 Å². The van der Waals surface area contributed by atoms with Crippen molar-refractivity contribution < 1.29 is 0 Å². The molecule has 0 spiro atoms. The van der Waals surface area contributed by atoms with Gasteiger partial charge in [0.25, 0.3) is 0 Å². The second kappa shape index (κ2) is 4.64. The van der Waals surface area contributed by atoms with Crippen LogP contribution in [-0.4, -0.2) is 36.6 Å². The molecule has 0 bridgehead atoms. The number of amidine groups is 1. The summed E-state index contributed by atoms with van der Waals surface area (Å²) in [6, 6.07) is 0.326. The van der Waals surface area contributed by atoms with E-state index in [-0.39, 0.29) is 0 Å². The Morgan fingerprint density at radius 3 is 3.08 bits per heavy atom. The minimum atomic E-state index is 0.326. The Morgan fingerprint density at radius 1 is 1.69 bits per heavy atom. The molecule has 0 unspecified atom stereocenters. The zero-order valence-electron chi connectivity index (χ0n) is 7.79. The van der Waals surface area contributed by atoms with Crippen molar-refractivity contribution in [3.63, 3.8) is 0 Å². The lowest BCUT2D eigenvalue weighted by atomic mass is 10.1. The Hall–Kier alpha value is -1.32. The van der Waals surface area contributed by atoms with Crippen LogP contribution in [0, 0.1) is 5.41 Å². The van der Waals surface area contributed by atoms with Crippen molar-refractivity contribution in [2.24, 2.45) is 5.10 Å². The Kier molecular flexibility index (Phi) is 3.49. The highest BCUT2D eigenvalue weighted by molar-refractivity contribution is 5.89. The van der Waals surface area contributed by atoms with E-state index >= 15 is 0 Å². The molecule has 1 aliphatic heterocycles. The highest BCUT2D eigenvalue weighted by atomic mass is 15.3. The van der Waals surface area contributed by atoms with Crippen LogP contribution in [0.4, 0.5) is 0 Å². The number of nitrogens with one attached hydrogen (secondary N) is 2. The smallest absolute Gasteiger partial charge is 0.120 e. The first kappa shape index (κ1) is 9.77. The summed E-state index contributed by atoms with van der Waals surface area (Å²) in [7, 11) is 0. The third-order valence-electron chi connectivity index (χ3n) is 2.23. The minimum absolute atomic E-state index is 0.326. The normalized spacial score (nSPS) is 22.2. The molecule has 13 heavy (non-hydrogen) atoms. The molecule has 1 atom stereocenters. The number of nitrogens with zero attached hydrogens (tertiary/aromatic N) is 2. The molecule has 1 aliphatic rings. The van der Waals surface area contributed by atoms with Gasteiger partial charge in [0.1, 0.15) is 5.84 Å². The van der Waals surface area contributed by atoms with Crippen LogP contribution in [0.25, 0.3) is 0 Å². The van der Waals surface area contributed by atoms with Crippen molar-refractivity contribution in [1.82, 2.24) is 10.3 Å². The summed E-state index contributed by atoms with van der Waals surface area (Å²) in [5.74, 6) is 0.496. The first-order valence-electron chi connectivity index (χ1n) is 4.45. The number of rotatable bonds is 3. The van der Waals surface area contributed by atoms with Crippen LogP contribution in [0.5, 0.6) is 0 Å². The molecule has 2 N–H and O–H groups in total. The third kappa shape index (κ3) is 2.57. The van der Waals surface area contributed by atoms with Gasteiger partial charge in [-0.3, -0.25) is 5.41 Å². The average molecular weight is 180 g/mol. The largest absolute Gasteiger partial charge is 0.355 e. The highest BCUT2D eigenvalue weighted by Crippen LogP contribution is 2.10. The molecule has 0 amide bonds. The van der Waals surface area contributed by atoms with E-state index in [2.05, 4.69) is 23.8 Å². The van der Waals surface area contributed by atoms with E-state index in [1.807, 2.05) is 4.90 Å². The maximum absolute atomic E-state index is 7.59. The summed E-state index contributed by atoms with van der Waals surface area (Å²) in [5, 5.41) is 11.2. The van der Waals surface area contributed by atoms with Crippen LogP contribution >= 0.6 is 0 Å². The van der Waals surface area contributed by atoms with Crippen LogP contribution in [0.2, 0.25) is 0 Å². The zero-order chi connectivity index (χ0) is 9.68. The van der Waals surface area contributed by atoms with Gasteiger partial charge < -0.3 is 10.3 Å². The van der Waals surface area contributed by atoms with E-state index in [4.69, 9.17) is 5.41 Å². The van der Waals surface area contributed by atoms with E-state index in [1.165, 1.54) is 0 Å². The zero-order valence-corrected chi connectivity index (χ0v) is 7.79. The molecule has 1 fully saturated rings. The van der Waals surface area contributed by atoms with Gasteiger partial charge in [-0.05, 0) is 18.9 Å². The lowest BCUT2D eigenvalue weighted by Gasteiger charge is -2.33. The van der Waals surface area contributed by atoms with Crippen molar-refractivity contribution in [2.75, 3.05) is 13.1 Å². The van der Waals surface area contributed by atoms with Gasteiger partial charge in [0.2, 0.25) is 0 Å². The van der Waals surface area contributed by atoms with E-state index in [0.717, 1.165) is 25.9 Å². The second-order valence-electron chi connectivity index (χ2n) is 3.16. The van der Waals surface area contributed by atoms with Crippen molar-refractivity contribution in [2.45, 2.75) is 18.9 Å². The van der Waals surface area contributed by atoms with Gasteiger partial charge in [0, 0.05) is 19.8 Å². The molecule has 1 rings (SSSR count). The van der Waals surface area contributed by atoms with Crippen LogP contribution in [-0.2, 0) is 0 Å². The summed E-state index contributed by atoms with van der Waals surface area (Å²) in [4.78, 5) is 2.00. The van der Waals surface area contributed by atoms with Crippen LogP contribution in [0.3, 0.4) is 0 Å². The molecule has 0 aromatic heterocycles. The Balaban J connectivity index is 2.45. The molecule has 0 saturated carbocycles. The van der Waals surface area contributed by atoms with Crippen molar-refractivity contribution in [3.05, 3.63) is 12.7 Å². The maximum atomic E-state index is 7.59. The predicted octanol–water partition coefficient (Wildman–Crippen LogP) is 0.819. The average Bonchev–Trinajstić information content (AvgIpc) is 2.18. The first-order chi connectivity index (χ1) is 6.27. The van der Waals surface area contributed by atoms with Gasteiger partial charge in [0.05, 0.1) is 6.04 Å². The Morgan fingerprint density at radius 2 is 2.46 bits per heavy atom. The summed E-state index contributed by atoms with van der Waals surface area (Å²) in [5.41, 5.74) is 2.93. The summed E-state index contributed by atoms with van der Waals surface area (Å²) in [6.45, 7) is 8.74. The van der Waals surface area contributed by atoms with E-state index in [0.29, 0.717) is 11.9 Å². The summed E-state index contributed by atoms with van der Waals surface area (Å²) >= 11 is 0. The van der Waals surface area contributed by atoms with E-state index < -0.39 is 0 Å². The second-order valence-corrected chi connectivity index (χ2v) is 3.16. The molecular weight excluding hydrogens is 164 g/mol. The minimum Gasteiger partial charge on any atom is -0.355 e. The first-order valence-corrected chi connectivity index (χ1v) is 4.45. The van der Waals surface area contributed by atoms with E-state index in [9.17, 15) is 0 Å². The standard InChI is InChI=1S/C9H16N4/c1-3-9(10)13-6-4-5-8(7-13)12-11-2/h3,8,10,12H,1-2,4-7H2/t8-/m1/s1. The molecular formula is C9H16N4. The quantitative estimate of drug-likeness (QED) is 0.384. The maximum Gasteiger partial charge on any atom is 0.120 e. The van der Waals surface area contributed by atoms with Crippen molar-refractivity contribution in [1.29, 1.82) is 5.41 Å². The molecule has 0 aromatic carbocycles. The molecule has 1 saturated heterocycles. The van der Waals surface area contributed by atoms with Gasteiger partial charge in [-0.2, -0.15) is 5.10 Å². The summed E-state index contributed by atoms with van der Waals surface area (Å²) < 4.78 is 0. The van der Waals surface area contributed by atoms with Gasteiger partial charge in [-0.15, -0.1) is 0 Å². The molecule has 0 radical (unpaired) electrons. The third-order valence-corrected chi connectivity index (χ3v) is 2.23. The number of piperidine rings is 1. The van der Waals surface area contributed by atoms with Gasteiger partial charge >= 0.3 is 0 Å². The van der Waals surface area contributed by atoms with E-state index in [1.54, 1.807) is 6.08 Å². The fourth-order valence-electron chi connectivity index (χ4n) is 1.56. The van der Waals surface area contributed by atoms with Crippen LogP contribution < -0.4 is 5.43 Å². The Bertz CT molecular complexity index is 212. The fourth-order valence-corrected chi connectivity index (χ4v) is 1.56. The lowest BCUT2D eigenvalue weighted by Crippen LogP contribution is -2.45. The molecule has 0 aliphatic carbocycles. The molecule has 0 aromatic rings. The molecule has 72 valence electrons. The summed E-state index contributed by atoms with van der Waals surface area (Å²) in [6.07, 6.45) is 3.76. The van der Waals surface area contributed by atoms with Gasteiger partial charge in [-0.1, -0.05) is 6.58 Å². The SMILES string of the molecule is C=CC(=N)N1CCC[C@@H](NN=C)C1. The number of hydrogen-bond donors (Lipinski definition) is 2. The monoisotopic (exact) mass is 180 g/mol. The topological polar surface area (TPSA) is 51.5 Å². The van der Waals surface area contributed by atoms with Crippen LogP contribution in [0.15, 0.2) is 17.8 Å². The molecule has 4 nitrogen and oxygen atoms in total. The Labute approximate surface area is 78.8 Å². The fraction of sp³-hybridized carbons (Fsp3) is 0.556. The number of likely N-dealkylation sites (tertiary alicyclic amines) is 1. The van der Waals surface area contributed by atoms with Gasteiger partial charge in [0.15, 0.2) is 0 Å².